The van der Waals surface area contributed by atoms with E-state index in [0.29, 0.717) is 16.7 Å². The number of H-pyrrole nitrogens is 1. The topological polar surface area (TPSA) is 97.6 Å². The summed E-state index contributed by atoms with van der Waals surface area (Å²) in [6.45, 7) is 0. The van der Waals surface area contributed by atoms with E-state index in [1.807, 2.05) is 0 Å². The molecule has 3 N–H and O–H groups in total. The molecule has 96 valence electrons. The molecule has 0 saturated heterocycles. The molecule has 6 nitrogen and oxygen atoms in total. The number of nitrogens with zero attached hydrogens (tertiary/aromatic N) is 3. The number of aromatic amines is 1. The molecular formula is C12H11N5OS. The van der Waals surface area contributed by atoms with Crippen LogP contribution < -0.4 is 5.73 Å². The van der Waals surface area contributed by atoms with Crippen molar-refractivity contribution in [3.05, 3.63) is 42.5 Å². The van der Waals surface area contributed by atoms with Gasteiger partial charge >= 0.3 is 0 Å². The minimum absolute atomic E-state index is 0.232. The van der Waals surface area contributed by atoms with Crippen molar-refractivity contribution < 1.29 is 4.21 Å². The molecule has 0 bridgehead atoms. The summed E-state index contributed by atoms with van der Waals surface area (Å²) in [7, 11) is -1.31. The molecule has 0 spiro atoms. The van der Waals surface area contributed by atoms with Crippen molar-refractivity contribution >= 4 is 27.5 Å². The van der Waals surface area contributed by atoms with E-state index in [1.54, 1.807) is 36.7 Å². The lowest BCUT2D eigenvalue weighted by atomic mass is 10.3. The number of imidazole rings is 1. The van der Waals surface area contributed by atoms with Gasteiger partial charge in [0.1, 0.15) is 5.82 Å². The van der Waals surface area contributed by atoms with Crippen LogP contribution in [-0.2, 0) is 16.6 Å². The number of nitrogens with two attached hydrogens (primary N) is 1. The first-order valence-corrected chi connectivity index (χ1v) is 6.94. The van der Waals surface area contributed by atoms with Gasteiger partial charge in [0.25, 0.3) is 0 Å². The lowest BCUT2D eigenvalue weighted by molar-refractivity contribution is 0.676. The van der Waals surface area contributed by atoms with E-state index >= 15 is 0 Å². The number of nitrogen functional groups attached to an aromatic ring is 1. The van der Waals surface area contributed by atoms with Crippen LogP contribution in [0.25, 0.3) is 11.0 Å². The fourth-order valence-electron chi connectivity index (χ4n) is 1.70. The quantitative estimate of drug-likeness (QED) is 0.700. The molecule has 1 atom stereocenters. The molecule has 1 unspecified atom stereocenters. The Bertz CT molecular complexity index is 740. The van der Waals surface area contributed by atoms with Crippen molar-refractivity contribution in [1.82, 2.24) is 19.9 Å². The second-order valence-electron chi connectivity index (χ2n) is 3.97. The largest absolute Gasteiger partial charge is 0.399 e. The van der Waals surface area contributed by atoms with Gasteiger partial charge in [-0.2, -0.15) is 0 Å². The van der Waals surface area contributed by atoms with Crippen LogP contribution in [-0.4, -0.2) is 24.1 Å². The third-order valence-electron chi connectivity index (χ3n) is 2.58. The van der Waals surface area contributed by atoms with Crippen LogP contribution in [0.1, 0.15) is 5.82 Å². The molecule has 0 aliphatic rings. The van der Waals surface area contributed by atoms with E-state index in [1.165, 1.54) is 0 Å². The summed E-state index contributed by atoms with van der Waals surface area (Å²) in [6.07, 6.45) is 3.25. The summed E-state index contributed by atoms with van der Waals surface area (Å²) < 4.78 is 12.2. The molecule has 0 saturated carbocycles. The molecule has 0 fully saturated rings. The van der Waals surface area contributed by atoms with Crippen LogP contribution in [0.15, 0.2) is 41.8 Å². The fourth-order valence-corrected chi connectivity index (χ4v) is 2.65. The van der Waals surface area contributed by atoms with Crippen molar-refractivity contribution in [3.8, 4) is 0 Å². The van der Waals surface area contributed by atoms with E-state index < -0.39 is 10.8 Å². The third-order valence-corrected chi connectivity index (χ3v) is 3.72. The Kier molecular flexibility index (Phi) is 2.96. The predicted octanol–water partition coefficient (Wildman–Crippen LogP) is 1.24. The molecule has 1 aromatic carbocycles. The first kappa shape index (κ1) is 11.8. The lowest BCUT2D eigenvalue weighted by Gasteiger charge is -1.96. The van der Waals surface area contributed by atoms with E-state index in [9.17, 15) is 4.21 Å². The number of aromatic nitrogens is 4. The second-order valence-corrected chi connectivity index (χ2v) is 5.34. The lowest BCUT2D eigenvalue weighted by Crippen LogP contribution is -2.02. The minimum Gasteiger partial charge on any atom is -0.399 e. The van der Waals surface area contributed by atoms with Crippen molar-refractivity contribution in [2.45, 2.75) is 10.9 Å². The fraction of sp³-hybridized carbons (Fsp3) is 0.0833. The Morgan fingerprint density at radius 1 is 1.26 bits per heavy atom. The van der Waals surface area contributed by atoms with E-state index in [0.717, 1.165) is 11.0 Å². The highest BCUT2D eigenvalue weighted by atomic mass is 32.2. The SMILES string of the molecule is Nc1ccc2nc(S(=O)Cc3ncccn3)[nH]c2c1. The number of rotatable bonds is 3. The maximum absolute atomic E-state index is 12.2. The molecule has 0 amide bonds. The van der Waals surface area contributed by atoms with Crippen LogP contribution >= 0.6 is 0 Å². The smallest absolute Gasteiger partial charge is 0.197 e. The Morgan fingerprint density at radius 2 is 2.05 bits per heavy atom. The first-order chi connectivity index (χ1) is 9.22. The predicted molar refractivity (Wildman–Crippen MR) is 72.7 cm³/mol. The minimum atomic E-state index is -1.31. The number of hydrogen-bond donors (Lipinski definition) is 2. The Hall–Kier alpha value is -2.28. The zero-order chi connectivity index (χ0) is 13.2. The number of hydrogen-bond acceptors (Lipinski definition) is 5. The third kappa shape index (κ3) is 2.45. The normalized spacial score (nSPS) is 12.6. The number of anilines is 1. The standard InChI is InChI=1S/C12H11N5OS/c13-8-2-3-9-10(6-8)17-12(16-9)19(18)7-11-14-4-1-5-15-11/h1-6H,7,13H2,(H,16,17). The van der Waals surface area contributed by atoms with Gasteiger partial charge in [0.2, 0.25) is 0 Å². The van der Waals surface area contributed by atoms with Gasteiger partial charge in [-0.3, -0.25) is 4.21 Å². The van der Waals surface area contributed by atoms with E-state index in [2.05, 4.69) is 19.9 Å². The zero-order valence-corrected chi connectivity index (χ0v) is 10.7. The van der Waals surface area contributed by atoms with Gasteiger partial charge in [-0.15, -0.1) is 0 Å². The Labute approximate surface area is 111 Å². The van der Waals surface area contributed by atoms with Crippen LogP contribution in [0.5, 0.6) is 0 Å². The molecule has 2 aromatic heterocycles. The van der Waals surface area contributed by atoms with Crippen LogP contribution in [0, 0.1) is 0 Å². The zero-order valence-electron chi connectivity index (χ0n) is 9.91. The molecule has 0 radical (unpaired) electrons. The molecule has 7 heteroatoms. The van der Waals surface area contributed by atoms with Gasteiger partial charge in [-0.25, -0.2) is 15.0 Å². The molecule has 0 aliphatic heterocycles. The maximum Gasteiger partial charge on any atom is 0.197 e. The van der Waals surface area contributed by atoms with Crippen LogP contribution in [0.3, 0.4) is 0 Å². The van der Waals surface area contributed by atoms with Gasteiger partial charge < -0.3 is 10.7 Å². The van der Waals surface area contributed by atoms with E-state index in [-0.39, 0.29) is 5.75 Å². The summed E-state index contributed by atoms with van der Waals surface area (Å²) in [5.41, 5.74) is 7.85. The van der Waals surface area contributed by atoms with Crippen LogP contribution in [0.2, 0.25) is 0 Å². The van der Waals surface area contributed by atoms with Gasteiger partial charge in [0, 0.05) is 18.1 Å². The van der Waals surface area contributed by atoms with Gasteiger partial charge in [0.15, 0.2) is 5.16 Å². The van der Waals surface area contributed by atoms with E-state index in [4.69, 9.17) is 5.73 Å². The van der Waals surface area contributed by atoms with Gasteiger partial charge in [-0.1, -0.05) is 0 Å². The van der Waals surface area contributed by atoms with Crippen LogP contribution in [0.4, 0.5) is 5.69 Å². The van der Waals surface area contributed by atoms with Gasteiger partial charge in [-0.05, 0) is 24.3 Å². The highest BCUT2D eigenvalue weighted by Gasteiger charge is 2.12. The van der Waals surface area contributed by atoms with Gasteiger partial charge in [0.05, 0.1) is 27.6 Å². The van der Waals surface area contributed by atoms with Crippen molar-refractivity contribution in [2.24, 2.45) is 0 Å². The monoisotopic (exact) mass is 273 g/mol. The average molecular weight is 273 g/mol. The number of fused-ring (bicyclic) bond motifs is 1. The maximum atomic E-state index is 12.2. The summed E-state index contributed by atoms with van der Waals surface area (Å²) in [5.74, 6) is 0.761. The highest BCUT2D eigenvalue weighted by molar-refractivity contribution is 7.84. The van der Waals surface area contributed by atoms with Crippen molar-refractivity contribution in [2.75, 3.05) is 5.73 Å². The second kappa shape index (κ2) is 4.77. The molecule has 19 heavy (non-hydrogen) atoms. The highest BCUT2D eigenvalue weighted by Crippen LogP contribution is 2.17. The van der Waals surface area contributed by atoms with Crippen molar-refractivity contribution in [1.29, 1.82) is 0 Å². The summed E-state index contributed by atoms with van der Waals surface area (Å²) >= 11 is 0. The first-order valence-electron chi connectivity index (χ1n) is 5.62. The number of benzene rings is 1. The summed E-state index contributed by atoms with van der Waals surface area (Å²) in [4.78, 5) is 15.4. The van der Waals surface area contributed by atoms with Crippen molar-refractivity contribution in [3.63, 3.8) is 0 Å². The summed E-state index contributed by atoms with van der Waals surface area (Å²) in [6, 6.07) is 7.04. The Balaban J connectivity index is 1.89. The summed E-state index contributed by atoms with van der Waals surface area (Å²) in [5, 5.41) is 0.410. The molecule has 3 aromatic rings. The molecule has 3 rings (SSSR count). The molecule has 2 heterocycles. The Morgan fingerprint density at radius 3 is 2.84 bits per heavy atom. The molecular weight excluding hydrogens is 262 g/mol. The average Bonchev–Trinajstić information content (AvgIpc) is 2.83. The number of nitrogens with one attached hydrogen (secondary N) is 1. The molecule has 0 aliphatic carbocycles.